The normalized spacial score (nSPS) is 17.1. The van der Waals surface area contributed by atoms with Gasteiger partial charge in [-0.1, -0.05) is 54.4 Å². The fraction of sp³-hybridized carbons (Fsp3) is 0.407. The van der Waals surface area contributed by atoms with Crippen molar-refractivity contribution < 1.29 is 14.3 Å². The quantitative estimate of drug-likeness (QED) is 0.383. The Morgan fingerprint density at radius 1 is 1.18 bits per heavy atom. The molecule has 0 bridgehead atoms. The van der Waals surface area contributed by atoms with Crippen LogP contribution in [0.5, 0.6) is 0 Å². The molecule has 1 aliphatic heterocycles. The SMILES string of the molecule is CCOC(=O)[C@H]1CCCN(C(=O)C[C@H](c2ccc(Cl)c(Cl)c2)c2c[nH]c3c(CC)cccc23)C1. The van der Waals surface area contributed by atoms with Crippen molar-refractivity contribution in [2.24, 2.45) is 5.92 Å². The summed E-state index contributed by atoms with van der Waals surface area (Å²) in [6, 6.07) is 11.8. The number of carbonyl (C=O) groups is 2. The van der Waals surface area contributed by atoms with Gasteiger partial charge in [-0.3, -0.25) is 9.59 Å². The van der Waals surface area contributed by atoms with Gasteiger partial charge in [0.1, 0.15) is 0 Å². The largest absolute Gasteiger partial charge is 0.466 e. The number of esters is 1. The van der Waals surface area contributed by atoms with E-state index in [1.54, 1.807) is 13.0 Å². The van der Waals surface area contributed by atoms with E-state index in [4.69, 9.17) is 27.9 Å². The standard InChI is InChI=1S/C27H30Cl2N2O3/c1-3-17-7-5-9-20-22(15-30-26(17)20)21(18-10-11-23(28)24(29)13-18)14-25(32)31-12-6-8-19(16-31)27(33)34-4-2/h5,7,9-11,13,15,19,21,30H,3-4,6,8,12,14,16H2,1-2H3/t19-,21+/m0/s1. The number of benzene rings is 2. The fourth-order valence-electron chi connectivity index (χ4n) is 4.92. The molecular formula is C27H30Cl2N2O3. The number of rotatable bonds is 7. The first-order chi connectivity index (χ1) is 16.4. The maximum Gasteiger partial charge on any atom is 0.310 e. The zero-order chi connectivity index (χ0) is 24.2. The predicted molar refractivity (Wildman–Crippen MR) is 137 cm³/mol. The third kappa shape index (κ3) is 5.11. The first-order valence-corrected chi connectivity index (χ1v) is 12.7. The van der Waals surface area contributed by atoms with E-state index in [0.29, 0.717) is 29.7 Å². The molecule has 1 saturated heterocycles. The Hall–Kier alpha value is -2.50. The lowest BCUT2D eigenvalue weighted by molar-refractivity contribution is -0.151. The molecule has 0 spiro atoms. The molecule has 1 aromatic heterocycles. The highest BCUT2D eigenvalue weighted by Crippen LogP contribution is 2.37. The summed E-state index contributed by atoms with van der Waals surface area (Å²) in [6.07, 6.45) is 4.73. The second kappa shape index (κ2) is 10.8. The van der Waals surface area contributed by atoms with Crippen LogP contribution in [0.15, 0.2) is 42.6 Å². The van der Waals surface area contributed by atoms with Crippen LogP contribution in [0.25, 0.3) is 10.9 Å². The van der Waals surface area contributed by atoms with Gasteiger partial charge in [0.2, 0.25) is 5.91 Å². The van der Waals surface area contributed by atoms with Crippen molar-refractivity contribution in [3.63, 3.8) is 0 Å². The average Bonchev–Trinajstić information content (AvgIpc) is 3.28. The summed E-state index contributed by atoms with van der Waals surface area (Å²) in [4.78, 5) is 31.0. The van der Waals surface area contributed by atoms with E-state index in [1.807, 2.05) is 23.2 Å². The highest BCUT2D eigenvalue weighted by atomic mass is 35.5. The van der Waals surface area contributed by atoms with E-state index in [-0.39, 0.29) is 30.1 Å². The molecule has 1 amide bonds. The Labute approximate surface area is 210 Å². The lowest BCUT2D eigenvalue weighted by atomic mass is 9.87. The summed E-state index contributed by atoms with van der Waals surface area (Å²) in [5.41, 5.74) is 4.31. The Morgan fingerprint density at radius 3 is 2.74 bits per heavy atom. The molecule has 0 unspecified atom stereocenters. The third-order valence-electron chi connectivity index (χ3n) is 6.71. The maximum atomic E-state index is 13.5. The summed E-state index contributed by atoms with van der Waals surface area (Å²) in [7, 11) is 0. The highest BCUT2D eigenvalue weighted by Gasteiger charge is 2.31. The van der Waals surface area contributed by atoms with Gasteiger partial charge in [-0.2, -0.15) is 0 Å². The Bertz CT molecular complexity index is 1190. The summed E-state index contributed by atoms with van der Waals surface area (Å²) in [5.74, 6) is -0.664. The van der Waals surface area contributed by atoms with Gasteiger partial charge >= 0.3 is 5.97 Å². The zero-order valence-electron chi connectivity index (χ0n) is 19.6. The van der Waals surface area contributed by atoms with E-state index in [0.717, 1.165) is 41.3 Å². The van der Waals surface area contributed by atoms with Gasteiger partial charge < -0.3 is 14.6 Å². The molecule has 1 aliphatic rings. The van der Waals surface area contributed by atoms with Crippen LogP contribution in [0.4, 0.5) is 0 Å². The minimum atomic E-state index is -0.263. The number of amides is 1. The molecule has 1 N–H and O–H groups in total. The molecule has 2 heterocycles. The van der Waals surface area contributed by atoms with Gasteiger partial charge in [0.05, 0.1) is 22.6 Å². The Morgan fingerprint density at radius 2 is 2.00 bits per heavy atom. The summed E-state index contributed by atoms with van der Waals surface area (Å²) in [6.45, 7) is 5.33. The van der Waals surface area contributed by atoms with Gasteiger partial charge in [0, 0.05) is 42.5 Å². The van der Waals surface area contributed by atoms with Crippen molar-refractivity contribution in [1.29, 1.82) is 0 Å². The molecule has 0 radical (unpaired) electrons. The van der Waals surface area contributed by atoms with Gasteiger partial charge in [0.25, 0.3) is 0 Å². The van der Waals surface area contributed by atoms with Gasteiger partial charge in [-0.05, 0) is 55.0 Å². The first-order valence-electron chi connectivity index (χ1n) is 11.9. The molecule has 34 heavy (non-hydrogen) atoms. The number of likely N-dealkylation sites (tertiary alicyclic amines) is 1. The number of hydrogen-bond donors (Lipinski definition) is 1. The van der Waals surface area contributed by atoms with Crippen molar-refractivity contribution in [2.45, 2.75) is 45.4 Å². The molecule has 0 saturated carbocycles. The molecule has 2 atom stereocenters. The van der Waals surface area contributed by atoms with Crippen molar-refractivity contribution in [1.82, 2.24) is 9.88 Å². The monoisotopic (exact) mass is 500 g/mol. The van der Waals surface area contributed by atoms with Crippen molar-refractivity contribution in [2.75, 3.05) is 19.7 Å². The topological polar surface area (TPSA) is 62.4 Å². The molecule has 5 nitrogen and oxygen atoms in total. The number of nitrogens with zero attached hydrogens (tertiary/aromatic N) is 1. The summed E-state index contributed by atoms with van der Waals surface area (Å²) in [5, 5.41) is 2.05. The average molecular weight is 501 g/mol. The molecule has 3 aromatic rings. The van der Waals surface area contributed by atoms with Crippen LogP contribution in [-0.2, 0) is 20.7 Å². The zero-order valence-corrected chi connectivity index (χ0v) is 21.1. The number of aromatic amines is 1. The maximum absolute atomic E-state index is 13.5. The van der Waals surface area contributed by atoms with E-state index in [1.165, 1.54) is 5.56 Å². The third-order valence-corrected chi connectivity index (χ3v) is 7.45. The molecule has 2 aromatic carbocycles. The van der Waals surface area contributed by atoms with Gasteiger partial charge in [0.15, 0.2) is 0 Å². The molecule has 180 valence electrons. The first kappa shape index (κ1) is 24.6. The minimum Gasteiger partial charge on any atom is -0.466 e. The van der Waals surface area contributed by atoms with Crippen molar-refractivity contribution >= 4 is 46.0 Å². The summed E-state index contributed by atoms with van der Waals surface area (Å²) < 4.78 is 5.20. The van der Waals surface area contributed by atoms with E-state index in [2.05, 4.69) is 30.1 Å². The molecule has 4 rings (SSSR count). The molecule has 0 aliphatic carbocycles. The molecule has 7 heteroatoms. The highest BCUT2D eigenvalue weighted by molar-refractivity contribution is 6.42. The number of halogens is 2. The fourth-order valence-corrected chi connectivity index (χ4v) is 5.22. The number of hydrogen-bond acceptors (Lipinski definition) is 3. The van der Waals surface area contributed by atoms with Crippen LogP contribution >= 0.6 is 23.2 Å². The van der Waals surface area contributed by atoms with E-state index in [9.17, 15) is 9.59 Å². The molecule has 1 fully saturated rings. The minimum absolute atomic E-state index is 0.0195. The Kier molecular flexibility index (Phi) is 7.84. The van der Waals surface area contributed by atoms with E-state index < -0.39 is 0 Å². The Balaban J connectivity index is 1.66. The number of ether oxygens (including phenoxy) is 1. The van der Waals surface area contributed by atoms with Crippen LogP contribution in [0.3, 0.4) is 0 Å². The number of fused-ring (bicyclic) bond motifs is 1. The van der Waals surface area contributed by atoms with Crippen LogP contribution in [0, 0.1) is 5.92 Å². The number of para-hydroxylation sites is 1. The van der Waals surface area contributed by atoms with E-state index >= 15 is 0 Å². The van der Waals surface area contributed by atoms with Crippen LogP contribution < -0.4 is 0 Å². The van der Waals surface area contributed by atoms with Gasteiger partial charge in [-0.25, -0.2) is 0 Å². The number of piperidine rings is 1. The number of H-pyrrole nitrogens is 1. The smallest absolute Gasteiger partial charge is 0.310 e. The van der Waals surface area contributed by atoms with Crippen LogP contribution in [-0.4, -0.2) is 41.5 Å². The number of nitrogens with one attached hydrogen (secondary N) is 1. The molecular weight excluding hydrogens is 471 g/mol. The lowest BCUT2D eigenvalue weighted by Crippen LogP contribution is -2.43. The number of aromatic nitrogens is 1. The predicted octanol–water partition coefficient (Wildman–Crippen LogP) is 6.36. The van der Waals surface area contributed by atoms with Crippen molar-refractivity contribution in [3.05, 3.63) is 69.3 Å². The number of carbonyl (C=O) groups excluding carboxylic acids is 2. The second-order valence-electron chi connectivity index (χ2n) is 8.80. The van der Waals surface area contributed by atoms with Crippen LogP contribution in [0.1, 0.15) is 55.7 Å². The lowest BCUT2D eigenvalue weighted by Gasteiger charge is -2.32. The van der Waals surface area contributed by atoms with Gasteiger partial charge in [-0.15, -0.1) is 0 Å². The van der Waals surface area contributed by atoms with Crippen molar-refractivity contribution in [3.8, 4) is 0 Å². The summed E-state index contributed by atoms with van der Waals surface area (Å²) >= 11 is 12.6. The van der Waals surface area contributed by atoms with Crippen LogP contribution in [0.2, 0.25) is 10.0 Å². The number of aryl methyl sites for hydroxylation is 1. The second-order valence-corrected chi connectivity index (χ2v) is 9.61.